The summed E-state index contributed by atoms with van der Waals surface area (Å²) in [7, 11) is -11.1. The molecule has 0 radical (unpaired) electrons. The van der Waals surface area contributed by atoms with Crippen molar-refractivity contribution in [2.24, 2.45) is 0 Å². The van der Waals surface area contributed by atoms with Crippen LogP contribution in [0.1, 0.15) is 39.0 Å². The molecule has 1 fully saturated rings. The number of hydrogen-bond donors (Lipinski definition) is 1. The van der Waals surface area contributed by atoms with Gasteiger partial charge in [-0.3, -0.25) is 0 Å². The van der Waals surface area contributed by atoms with Crippen molar-refractivity contribution in [3.63, 3.8) is 0 Å². The molecule has 1 aliphatic heterocycles. The Kier molecular flexibility index (Phi) is 8.65. The monoisotopic (exact) mass is 422 g/mol. The van der Waals surface area contributed by atoms with Crippen LogP contribution in [0.3, 0.4) is 0 Å². The van der Waals surface area contributed by atoms with Crippen LogP contribution >= 0.6 is 0 Å². The summed E-state index contributed by atoms with van der Waals surface area (Å²) < 4.78 is 109. The van der Waals surface area contributed by atoms with Crippen LogP contribution in [0, 0.1) is 0 Å². The Morgan fingerprint density at radius 1 is 1.00 bits per heavy atom. The molecule has 2 unspecified atom stereocenters. The van der Waals surface area contributed by atoms with Crippen molar-refractivity contribution in [2.45, 2.75) is 56.1 Å². The Hall–Kier alpha value is -0.600. The van der Waals surface area contributed by atoms with Gasteiger partial charge in [0.15, 0.2) is 20.0 Å². The van der Waals surface area contributed by atoms with Crippen molar-refractivity contribution >= 4 is 20.0 Å². The van der Waals surface area contributed by atoms with E-state index in [1.807, 2.05) is 0 Å². The van der Waals surface area contributed by atoms with E-state index in [-0.39, 0.29) is 0 Å². The standard InChI is InChI=1S/C9H19N.C2F6NO4S2/c1-3-4-6-9-7-5-8-10(9)2;3-1(4,5)14(10,11)9-15(12,13)2(6,7)8/h9H,3-8H2,1-2H3;/q;-1/p+1. The third-order valence-electron chi connectivity index (χ3n) is 3.51. The largest absolute Gasteiger partial charge is 0.480 e. The molecule has 0 bridgehead atoms. The molecule has 2 atom stereocenters. The highest BCUT2D eigenvalue weighted by Crippen LogP contribution is 2.36. The molecule has 1 aliphatic rings. The second kappa shape index (κ2) is 8.86. The molecule has 1 heterocycles. The molecule has 0 aromatic rings. The lowest BCUT2D eigenvalue weighted by Crippen LogP contribution is -3.10. The molecule has 25 heavy (non-hydrogen) atoms. The third-order valence-corrected chi connectivity index (χ3v) is 6.25. The van der Waals surface area contributed by atoms with Crippen LogP contribution in [0.15, 0.2) is 0 Å². The fourth-order valence-electron chi connectivity index (χ4n) is 2.13. The molecule has 6 nitrogen and oxygen atoms in total. The van der Waals surface area contributed by atoms with Crippen molar-refractivity contribution in [1.29, 1.82) is 0 Å². The molecule has 0 aliphatic carbocycles. The lowest BCUT2D eigenvalue weighted by atomic mass is 10.1. The van der Waals surface area contributed by atoms with Crippen LogP contribution < -0.4 is 4.90 Å². The highest BCUT2D eigenvalue weighted by molar-refractivity contribution is 8.13. The number of nitrogens with zero attached hydrogens (tertiary/aromatic N) is 1. The molecule has 14 heteroatoms. The number of sulfonamides is 2. The first-order chi connectivity index (χ1) is 11.0. The average molecular weight is 422 g/mol. The molecule has 152 valence electrons. The van der Waals surface area contributed by atoms with E-state index in [9.17, 15) is 43.2 Å². The molecular weight excluding hydrogens is 402 g/mol. The zero-order chi connectivity index (χ0) is 20.1. The fourth-order valence-corrected chi connectivity index (χ4v) is 3.84. The summed E-state index contributed by atoms with van der Waals surface area (Å²) in [5, 5.41) is 0. The zero-order valence-electron chi connectivity index (χ0n) is 13.5. The van der Waals surface area contributed by atoms with Gasteiger partial charge in [0.2, 0.25) is 0 Å². The Morgan fingerprint density at radius 3 is 1.72 bits per heavy atom. The second-order valence-electron chi connectivity index (χ2n) is 5.49. The Bertz CT molecular complexity index is 573. The first-order valence-electron chi connectivity index (χ1n) is 7.24. The van der Waals surface area contributed by atoms with Crippen molar-refractivity contribution in [2.75, 3.05) is 13.6 Å². The van der Waals surface area contributed by atoms with E-state index in [0.717, 1.165) is 10.2 Å². The van der Waals surface area contributed by atoms with Gasteiger partial charge in [-0.25, -0.2) is 16.8 Å². The third kappa shape index (κ3) is 7.66. The molecule has 0 saturated carbocycles. The average Bonchev–Trinajstić information content (AvgIpc) is 2.78. The van der Waals surface area contributed by atoms with Gasteiger partial charge >= 0.3 is 11.0 Å². The van der Waals surface area contributed by atoms with Gasteiger partial charge in [-0.15, -0.1) is 0 Å². The second-order valence-corrected chi connectivity index (χ2v) is 8.92. The maximum atomic E-state index is 11.4. The van der Waals surface area contributed by atoms with Gasteiger partial charge in [0.1, 0.15) is 0 Å². The van der Waals surface area contributed by atoms with Crippen molar-refractivity contribution < 1.29 is 48.1 Å². The molecule has 0 aromatic carbocycles. The summed E-state index contributed by atoms with van der Waals surface area (Å²) in [5.41, 5.74) is -12.4. The zero-order valence-corrected chi connectivity index (χ0v) is 15.1. The summed E-state index contributed by atoms with van der Waals surface area (Å²) in [6.45, 7) is 3.69. The number of quaternary nitrogens is 1. The Labute approximate surface area is 142 Å². The number of halogens is 6. The van der Waals surface area contributed by atoms with E-state index in [1.54, 1.807) is 4.90 Å². The normalized spacial score (nSPS) is 22.4. The van der Waals surface area contributed by atoms with Gasteiger partial charge in [-0.1, -0.05) is 13.3 Å². The number of unbranched alkanes of at least 4 members (excludes halogenated alkanes) is 1. The summed E-state index contributed by atoms with van der Waals surface area (Å²) in [4.78, 5) is 1.77. The van der Waals surface area contributed by atoms with Gasteiger partial charge in [0.05, 0.1) is 19.6 Å². The van der Waals surface area contributed by atoms with Gasteiger partial charge in [0, 0.05) is 12.8 Å². The minimum Gasteiger partial charge on any atom is -0.421 e. The molecule has 1 N–H and O–H groups in total. The van der Waals surface area contributed by atoms with E-state index in [0.29, 0.717) is 0 Å². The van der Waals surface area contributed by atoms with Crippen LogP contribution in [0.2, 0.25) is 0 Å². The lowest BCUT2D eigenvalue weighted by molar-refractivity contribution is -0.892. The van der Waals surface area contributed by atoms with Crippen LogP contribution in [0.25, 0.3) is 4.13 Å². The minimum atomic E-state index is -6.72. The number of rotatable bonds is 5. The quantitative estimate of drug-likeness (QED) is 0.686. The highest BCUT2D eigenvalue weighted by atomic mass is 32.3. The number of alkyl halides is 6. The summed E-state index contributed by atoms with van der Waals surface area (Å²) >= 11 is 0. The summed E-state index contributed by atoms with van der Waals surface area (Å²) in [5.74, 6) is 0. The van der Waals surface area contributed by atoms with Gasteiger partial charge < -0.3 is 9.03 Å². The molecule has 0 spiro atoms. The lowest BCUT2D eigenvalue weighted by Gasteiger charge is -2.22. The van der Waals surface area contributed by atoms with E-state index in [4.69, 9.17) is 0 Å². The van der Waals surface area contributed by atoms with E-state index in [1.165, 1.54) is 38.6 Å². The fraction of sp³-hybridized carbons (Fsp3) is 1.00. The Balaban J connectivity index is 0.000000496. The van der Waals surface area contributed by atoms with E-state index >= 15 is 0 Å². The van der Waals surface area contributed by atoms with Crippen LogP contribution in [0.5, 0.6) is 0 Å². The van der Waals surface area contributed by atoms with E-state index in [2.05, 4.69) is 14.0 Å². The van der Waals surface area contributed by atoms with Crippen molar-refractivity contribution in [1.82, 2.24) is 0 Å². The molecule has 1 rings (SSSR count). The first kappa shape index (κ1) is 24.4. The Morgan fingerprint density at radius 2 is 1.44 bits per heavy atom. The van der Waals surface area contributed by atoms with Crippen LogP contribution in [-0.2, 0) is 20.0 Å². The van der Waals surface area contributed by atoms with Crippen LogP contribution in [-0.4, -0.2) is 47.5 Å². The molecular formula is C11H20F6N2O4S2. The van der Waals surface area contributed by atoms with Crippen LogP contribution in [0.4, 0.5) is 26.3 Å². The van der Waals surface area contributed by atoms with Crippen molar-refractivity contribution in [3.05, 3.63) is 4.13 Å². The van der Waals surface area contributed by atoms with Gasteiger partial charge in [-0.2, -0.15) is 26.3 Å². The number of likely N-dealkylation sites (tertiary alicyclic amines) is 1. The maximum Gasteiger partial charge on any atom is 0.480 e. The van der Waals surface area contributed by atoms with E-state index < -0.39 is 31.1 Å². The SMILES string of the molecule is CCCCC1CCC[NH+]1C.O=S(=O)([N-]S(=O)(=O)C(F)(F)F)C(F)(F)F. The topological polar surface area (TPSA) is 86.8 Å². The van der Waals surface area contributed by atoms with Crippen molar-refractivity contribution in [3.8, 4) is 0 Å². The predicted octanol–water partition coefficient (Wildman–Crippen LogP) is 1.91. The summed E-state index contributed by atoms with van der Waals surface area (Å²) in [6.07, 6.45) is 7.19. The predicted molar refractivity (Wildman–Crippen MR) is 77.6 cm³/mol. The smallest absolute Gasteiger partial charge is 0.421 e. The van der Waals surface area contributed by atoms with Gasteiger partial charge in [-0.05, 0) is 12.8 Å². The first-order valence-corrected chi connectivity index (χ1v) is 10.1. The van der Waals surface area contributed by atoms with Gasteiger partial charge in [0.25, 0.3) is 0 Å². The number of hydrogen-bond acceptors (Lipinski definition) is 4. The molecule has 0 aromatic heterocycles. The molecule has 1 saturated heterocycles. The molecule has 0 amide bonds. The minimum absolute atomic E-state index is 0.778. The maximum absolute atomic E-state index is 11.4. The number of nitrogens with one attached hydrogen (secondary N) is 1. The highest BCUT2D eigenvalue weighted by Gasteiger charge is 2.46. The summed E-state index contributed by atoms with van der Waals surface area (Å²) in [6, 6.07) is 1.000.